The molecule has 0 aliphatic rings. The van der Waals surface area contributed by atoms with Crippen LogP contribution in [0.4, 0.5) is 0 Å². The molecule has 0 spiro atoms. The Morgan fingerprint density at radius 1 is 0.962 bits per heavy atom. The lowest BCUT2D eigenvalue weighted by atomic mass is 9.94. The van der Waals surface area contributed by atoms with Gasteiger partial charge < -0.3 is 5.11 Å². The predicted octanol–water partition coefficient (Wildman–Crippen LogP) is 7.94. The maximum absolute atomic E-state index is 11.4. The fraction of sp³-hybridized carbons (Fsp3) is 0.737. The molecule has 0 aromatic carbocycles. The van der Waals surface area contributed by atoms with Gasteiger partial charge >= 0.3 is 12.0 Å². The summed E-state index contributed by atoms with van der Waals surface area (Å²) in [6.45, 7) is 0. The second kappa shape index (κ2) is 14.3. The molecule has 1 heterocycles. The number of carbonyl (C=O) groups is 1. The van der Waals surface area contributed by atoms with Crippen molar-refractivity contribution in [3.05, 3.63) is 22.4 Å². The van der Waals surface area contributed by atoms with Gasteiger partial charge in [0, 0.05) is 0 Å². The fourth-order valence-corrected chi connectivity index (χ4v) is 5.70. The van der Waals surface area contributed by atoms with E-state index in [2.05, 4.69) is 16.8 Å². The van der Waals surface area contributed by atoms with Crippen molar-refractivity contribution in [3.63, 3.8) is 0 Å². The number of aryl methyl sites for hydroxylation is 1. The van der Waals surface area contributed by atoms with Crippen LogP contribution in [0.25, 0.3) is 0 Å². The van der Waals surface area contributed by atoms with E-state index in [0.29, 0.717) is 6.04 Å². The van der Waals surface area contributed by atoms with Gasteiger partial charge in [0.2, 0.25) is 0 Å². The van der Waals surface area contributed by atoms with E-state index in [4.69, 9.17) is 33.2 Å². The number of halogens is 3. The molecule has 150 valence electrons. The maximum atomic E-state index is 11.4. The lowest BCUT2D eigenvalue weighted by Gasteiger charge is -2.12. The van der Waals surface area contributed by atoms with Crippen molar-refractivity contribution in [2.45, 2.75) is 83.1 Å². The molecule has 1 aromatic rings. The zero-order chi connectivity index (χ0) is 19.3. The second-order valence-electron chi connectivity index (χ2n) is 7.04. The molecular weight excluding hydrogens is 427 g/mol. The quantitative estimate of drug-likeness (QED) is 0.155. The number of unbranched alkanes of at least 4 members (excludes halogenated alkanes) is 7. The molecule has 1 N–H and O–H groups in total. The number of rotatable bonds is 16. The summed E-state index contributed by atoms with van der Waals surface area (Å²) in [5.74, 6) is -0.866. The van der Waals surface area contributed by atoms with Gasteiger partial charge in [-0.25, -0.2) is 0 Å². The van der Waals surface area contributed by atoms with E-state index >= 15 is 0 Å². The molecule has 1 aromatic heterocycles. The van der Waals surface area contributed by atoms with E-state index in [1.165, 1.54) is 37.7 Å². The molecule has 0 aliphatic carbocycles. The Hall–Kier alpha value is 0.257. The maximum Gasteiger partial charge on any atom is 0.341 e. The zero-order valence-electron chi connectivity index (χ0n) is 15.4. The molecular formula is C19H31Cl3O2SSi. The number of carboxylic acid groups (broad SMARTS) is 1. The first-order chi connectivity index (χ1) is 12.4. The Morgan fingerprint density at radius 2 is 1.54 bits per heavy atom. The van der Waals surface area contributed by atoms with E-state index in [9.17, 15) is 9.90 Å². The molecule has 0 amide bonds. The number of carboxylic acids is 1. The average Bonchev–Trinajstić information content (AvgIpc) is 3.07. The van der Waals surface area contributed by atoms with Gasteiger partial charge in [0.05, 0.1) is 5.92 Å². The summed E-state index contributed by atoms with van der Waals surface area (Å²) in [5, 5.41) is 13.7. The molecule has 1 rings (SSSR count). The zero-order valence-corrected chi connectivity index (χ0v) is 19.5. The van der Waals surface area contributed by atoms with E-state index in [1.54, 1.807) is 11.3 Å². The van der Waals surface area contributed by atoms with Crippen LogP contribution >= 0.6 is 44.6 Å². The summed E-state index contributed by atoms with van der Waals surface area (Å²) >= 11 is 19.3. The van der Waals surface area contributed by atoms with Gasteiger partial charge in [-0.2, -0.15) is 11.3 Å². The highest BCUT2D eigenvalue weighted by Gasteiger charge is 2.24. The first-order valence-electron chi connectivity index (χ1n) is 9.69. The van der Waals surface area contributed by atoms with Crippen LogP contribution in [0, 0.1) is 5.92 Å². The molecule has 0 fully saturated rings. The topological polar surface area (TPSA) is 37.3 Å². The lowest BCUT2D eigenvalue weighted by molar-refractivity contribution is -0.142. The van der Waals surface area contributed by atoms with Crippen LogP contribution in [0.15, 0.2) is 16.8 Å². The van der Waals surface area contributed by atoms with Crippen molar-refractivity contribution in [2.24, 2.45) is 5.92 Å². The van der Waals surface area contributed by atoms with Crippen LogP contribution in [0.5, 0.6) is 0 Å². The van der Waals surface area contributed by atoms with Crippen molar-refractivity contribution in [2.75, 3.05) is 0 Å². The Balaban J connectivity index is 1.98. The van der Waals surface area contributed by atoms with Crippen LogP contribution in [0.2, 0.25) is 6.04 Å². The molecule has 0 aliphatic heterocycles. The van der Waals surface area contributed by atoms with Gasteiger partial charge in [-0.05, 0) is 54.1 Å². The first-order valence-corrected chi connectivity index (χ1v) is 15.9. The summed E-state index contributed by atoms with van der Waals surface area (Å²) in [6, 6.07) is 0.362. The van der Waals surface area contributed by atoms with Gasteiger partial charge in [-0.3, -0.25) is 4.79 Å². The molecule has 26 heavy (non-hydrogen) atoms. The first kappa shape index (κ1) is 24.3. The van der Waals surface area contributed by atoms with Gasteiger partial charge in [-0.15, -0.1) is 33.2 Å². The Labute approximate surface area is 177 Å². The third-order valence-electron chi connectivity index (χ3n) is 4.71. The van der Waals surface area contributed by atoms with Crippen molar-refractivity contribution < 1.29 is 9.90 Å². The summed E-state index contributed by atoms with van der Waals surface area (Å²) in [6.07, 6.45) is 12.6. The molecule has 7 heteroatoms. The monoisotopic (exact) mass is 456 g/mol. The summed E-state index contributed by atoms with van der Waals surface area (Å²) in [5.41, 5.74) is 1.45. The van der Waals surface area contributed by atoms with Gasteiger partial charge in [0.1, 0.15) is 0 Å². The van der Waals surface area contributed by atoms with Crippen molar-refractivity contribution >= 4 is 56.5 Å². The van der Waals surface area contributed by atoms with Crippen LogP contribution in [-0.2, 0) is 11.2 Å². The Morgan fingerprint density at radius 3 is 2.08 bits per heavy atom. The molecule has 0 saturated heterocycles. The smallest absolute Gasteiger partial charge is 0.341 e. The number of thiophene rings is 1. The van der Waals surface area contributed by atoms with Crippen LogP contribution < -0.4 is 0 Å². The SMILES string of the molecule is O=C(O)C(CCCCCCCCc1ccsc1)CCCCC[Si](Cl)(Cl)Cl. The summed E-state index contributed by atoms with van der Waals surface area (Å²) in [7, 11) is 0. The number of aliphatic carboxylic acids is 1. The van der Waals surface area contributed by atoms with Gasteiger partial charge in [-0.1, -0.05) is 51.4 Å². The standard InChI is InChI=1S/C19H31Cl3O2SSi/c20-26(21,22)15-9-5-8-12-18(19(23)24)11-7-4-2-1-3-6-10-17-13-14-25-16-17/h13-14,16,18H,1-12,15H2,(H,23,24). The molecule has 1 atom stereocenters. The Kier molecular flexibility index (Phi) is 13.3. The van der Waals surface area contributed by atoms with E-state index < -0.39 is 12.0 Å². The molecule has 0 bridgehead atoms. The Bertz CT molecular complexity index is 478. The van der Waals surface area contributed by atoms with Crippen LogP contribution in [0.1, 0.15) is 76.2 Å². The minimum atomic E-state index is -2.51. The summed E-state index contributed by atoms with van der Waals surface area (Å²) < 4.78 is 0. The van der Waals surface area contributed by atoms with Crippen molar-refractivity contribution in [3.8, 4) is 0 Å². The fourth-order valence-electron chi connectivity index (χ4n) is 3.15. The normalized spacial score (nSPS) is 13.0. The van der Waals surface area contributed by atoms with Crippen molar-refractivity contribution in [1.29, 1.82) is 0 Å². The highest BCUT2D eigenvalue weighted by atomic mass is 35.8. The highest BCUT2D eigenvalue weighted by molar-refractivity contribution is 7.64. The molecule has 1 unspecified atom stereocenters. The third-order valence-corrected chi connectivity index (χ3v) is 8.06. The van der Waals surface area contributed by atoms with Gasteiger partial charge in [0.25, 0.3) is 0 Å². The summed E-state index contributed by atoms with van der Waals surface area (Å²) in [4.78, 5) is 11.4. The van der Waals surface area contributed by atoms with Crippen LogP contribution in [0.3, 0.4) is 0 Å². The van der Waals surface area contributed by atoms with E-state index in [0.717, 1.165) is 44.9 Å². The number of hydrogen-bond acceptors (Lipinski definition) is 2. The minimum Gasteiger partial charge on any atom is -0.481 e. The minimum absolute atomic E-state index is 0.210. The van der Waals surface area contributed by atoms with E-state index in [1.807, 2.05) is 0 Å². The third kappa shape index (κ3) is 13.4. The molecule has 0 saturated carbocycles. The van der Waals surface area contributed by atoms with Crippen LogP contribution in [-0.4, -0.2) is 17.1 Å². The van der Waals surface area contributed by atoms with E-state index in [-0.39, 0.29) is 5.92 Å². The molecule has 0 radical (unpaired) electrons. The second-order valence-corrected chi connectivity index (χ2v) is 17.1. The van der Waals surface area contributed by atoms with Crippen molar-refractivity contribution in [1.82, 2.24) is 0 Å². The average molecular weight is 458 g/mol. The highest BCUT2D eigenvalue weighted by Crippen LogP contribution is 2.28. The molecule has 2 nitrogen and oxygen atoms in total. The predicted molar refractivity (Wildman–Crippen MR) is 118 cm³/mol. The van der Waals surface area contributed by atoms with Gasteiger partial charge in [0.15, 0.2) is 0 Å². The lowest BCUT2D eigenvalue weighted by Crippen LogP contribution is -2.14. The number of hydrogen-bond donors (Lipinski definition) is 1. The largest absolute Gasteiger partial charge is 0.481 e.